The molecule has 0 unspecified atom stereocenters. The summed E-state index contributed by atoms with van der Waals surface area (Å²) in [6.07, 6.45) is 0.919. The summed E-state index contributed by atoms with van der Waals surface area (Å²) in [5.41, 5.74) is 8.03. The normalized spacial score (nSPS) is 13.8. The third kappa shape index (κ3) is 2.85. The highest BCUT2D eigenvalue weighted by molar-refractivity contribution is 7.99. The molecule has 3 rings (SSSR count). The van der Waals surface area contributed by atoms with Gasteiger partial charge in [0.15, 0.2) is 11.5 Å². The lowest BCUT2D eigenvalue weighted by atomic mass is 10.2. The van der Waals surface area contributed by atoms with Gasteiger partial charge >= 0.3 is 0 Å². The molecule has 2 aromatic carbocycles. The molecule has 104 valence electrons. The average Bonchev–Trinajstić information content (AvgIpc) is 2.67. The van der Waals surface area contributed by atoms with E-state index in [2.05, 4.69) is 13.0 Å². The Morgan fingerprint density at radius 1 is 1.00 bits per heavy atom. The molecule has 1 heterocycles. The van der Waals surface area contributed by atoms with Gasteiger partial charge in [0.1, 0.15) is 0 Å². The highest BCUT2D eigenvalue weighted by Crippen LogP contribution is 2.38. The van der Waals surface area contributed by atoms with Crippen LogP contribution in [0.5, 0.6) is 11.5 Å². The van der Waals surface area contributed by atoms with E-state index in [9.17, 15) is 0 Å². The molecular formula is C16H17NO2S. The van der Waals surface area contributed by atoms with E-state index in [-0.39, 0.29) is 0 Å². The van der Waals surface area contributed by atoms with E-state index in [0.717, 1.165) is 33.4 Å². The minimum Gasteiger partial charge on any atom is -0.490 e. The van der Waals surface area contributed by atoms with E-state index in [1.165, 1.54) is 5.56 Å². The Labute approximate surface area is 123 Å². The second kappa shape index (κ2) is 5.67. The van der Waals surface area contributed by atoms with Crippen LogP contribution in [-0.2, 0) is 0 Å². The molecule has 0 bridgehead atoms. The second-order valence-corrected chi connectivity index (χ2v) is 5.92. The predicted molar refractivity (Wildman–Crippen MR) is 81.8 cm³/mol. The standard InChI is InChI=1S/C16H17NO2S/c1-11-3-5-13(17)16(9-11)20-12-4-6-14-15(10-12)19-8-2-7-18-14/h3-6,9-10H,2,7-8,17H2,1H3. The van der Waals surface area contributed by atoms with Crippen molar-refractivity contribution in [2.45, 2.75) is 23.1 Å². The lowest BCUT2D eigenvalue weighted by Crippen LogP contribution is -1.97. The zero-order chi connectivity index (χ0) is 13.9. The third-order valence-electron chi connectivity index (χ3n) is 3.12. The Morgan fingerprint density at radius 2 is 1.80 bits per heavy atom. The highest BCUT2D eigenvalue weighted by atomic mass is 32.2. The fourth-order valence-corrected chi connectivity index (χ4v) is 3.05. The molecule has 0 aliphatic carbocycles. The van der Waals surface area contributed by atoms with Crippen LogP contribution in [-0.4, -0.2) is 13.2 Å². The quantitative estimate of drug-likeness (QED) is 0.851. The number of hydrogen-bond acceptors (Lipinski definition) is 4. The molecule has 4 heteroatoms. The van der Waals surface area contributed by atoms with Crippen LogP contribution in [0.2, 0.25) is 0 Å². The fourth-order valence-electron chi connectivity index (χ4n) is 2.06. The van der Waals surface area contributed by atoms with Gasteiger partial charge in [-0.05, 0) is 42.8 Å². The molecule has 0 saturated carbocycles. The maximum Gasteiger partial charge on any atom is 0.162 e. The van der Waals surface area contributed by atoms with Crippen molar-refractivity contribution in [2.24, 2.45) is 0 Å². The van der Waals surface area contributed by atoms with Crippen molar-refractivity contribution in [3.63, 3.8) is 0 Å². The number of nitrogen functional groups attached to an aromatic ring is 1. The van der Waals surface area contributed by atoms with E-state index in [1.54, 1.807) is 11.8 Å². The van der Waals surface area contributed by atoms with E-state index >= 15 is 0 Å². The lowest BCUT2D eigenvalue weighted by molar-refractivity contribution is 0.297. The first-order valence-corrected chi connectivity index (χ1v) is 7.48. The van der Waals surface area contributed by atoms with Crippen molar-refractivity contribution >= 4 is 17.4 Å². The molecule has 20 heavy (non-hydrogen) atoms. The number of hydrogen-bond donors (Lipinski definition) is 1. The van der Waals surface area contributed by atoms with Gasteiger partial charge in [0, 0.05) is 21.9 Å². The Morgan fingerprint density at radius 3 is 2.65 bits per heavy atom. The van der Waals surface area contributed by atoms with Crippen molar-refractivity contribution in [1.82, 2.24) is 0 Å². The smallest absolute Gasteiger partial charge is 0.162 e. The van der Waals surface area contributed by atoms with Crippen LogP contribution in [0.15, 0.2) is 46.2 Å². The molecule has 0 atom stereocenters. The number of aryl methyl sites for hydroxylation is 1. The monoisotopic (exact) mass is 287 g/mol. The Balaban J connectivity index is 1.87. The number of rotatable bonds is 2. The van der Waals surface area contributed by atoms with E-state index in [1.807, 2.05) is 30.3 Å². The molecular weight excluding hydrogens is 270 g/mol. The summed E-state index contributed by atoms with van der Waals surface area (Å²) in [6.45, 7) is 3.48. The molecule has 2 N–H and O–H groups in total. The summed E-state index contributed by atoms with van der Waals surface area (Å²) in [5.74, 6) is 1.64. The van der Waals surface area contributed by atoms with Crippen molar-refractivity contribution in [3.05, 3.63) is 42.0 Å². The van der Waals surface area contributed by atoms with E-state index in [0.29, 0.717) is 13.2 Å². The van der Waals surface area contributed by atoms with Crippen molar-refractivity contribution < 1.29 is 9.47 Å². The first-order valence-electron chi connectivity index (χ1n) is 6.66. The summed E-state index contributed by atoms with van der Waals surface area (Å²) >= 11 is 1.65. The van der Waals surface area contributed by atoms with Gasteiger partial charge in [0.05, 0.1) is 13.2 Å². The molecule has 0 radical (unpaired) electrons. The van der Waals surface area contributed by atoms with Crippen molar-refractivity contribution in [1.29, 1.82) is 0 Å². The number of anilines is 1. The van der Waals surface area contributed by atoms with Gasteiger partial charge < -0.3 is 15.2 Å². The Kier molecular flexibility index (Phi) is 3.74. The maximum absolute atomic E-state index is 6.02. The summed E-state index contributed by atoms with van der Waals surface area (Å²) in [6, 6.07) is 12.1. The topological polar surface area (TPSA) is 44.5 Å². The first-order chi connectivity index (χ1) is 9.72. The van der Waals surface area contributed by atoms with Crippen LogP contribution in [0.1, 0.15) is 12.0 Å². The summed E-state index contributed by atoms with van der Waals surface area (Å²) in [4.78, 5) is 2.17. The van der Waals surface area contributed by atoms with E-state index < -0.39 is 0 Å². The van der Waals surface area contributed by atoms with Gasteiger partial charge in [0.2, 0.25) is 0 Å². The van der Waals surface area contributed by atoms with Crippen LogP contribution in [0.3, 0.4) is 0 Å². The Bertz CT molecular complexity index is 628. The minimum atomic E-state index is 0.702. The van der Waals surface area contributed by atoms with Crippen LogP contribution in [0, 0.1) is 6.92 Å². The van der Waals surface area contributed by atoms with Gasteiger partial charge in [-0.2, -0.15) is 0 Å². The summed E-state index contributed by atoms with van der Waals surface area (Å²) in [5, 5.41) is 0. The first kappa shape index (κ1) is 13.2. The van der Waals surface area contributed by atoms with Gasteiger partial charge in [-0.1, -0.05) is 17.8 Å². The minimum absolute atomic E-state index is 0.702. The van der Waals surface area contributed by atoms with Gasteiger partial charge in [-0.15, -0.1) is 0 Å². The summed E-state index contributed by atoms with van der Waals surface area (Å²) in [7, 11) is 0. The van der Waals surface area contributed by atoms with Crippen molar-refractivity contribution in [3.8, 4) is 11.5 Å². The number of nitrogens with two attached hydrogens (primary N) is 1. The van der Waals surface area contributed by atoms with Crippen LogP contribution in [0.4, 0.5) is 5.69 Å². The SMILES string of the molecule is Cc1ccc(N)c(Sc2ccc3c(c2)OCCCO3)c1. The highest BCUT2D eigenvalue weighted by Gasteiger charge is 2.11. The van der Waals surface area contributed by atoms with Crippen LogP contribution < -0.4 is 15.2 Å². The molecule has 3 nitrogen and oxygen atoms in total. The van der Waals surface area contributed by atoms with Gasteiger partial charge in [-0.3, -0.25) is 0 Å². The molecule has 1 aliphatic heterocycles. The Hall–Kier alpha value is -1.81. The molecule has 1 aliphatic rings. The zero-order valence-electron chi connectivity index (χ0n) is 11.4. The summed E-state index contributed by atoms with van der Waals surface area (Å²) < 4.78 is 11.3. The van der Waals surface area contributed by atoms with Crippen molar-refractivity contribution in [2.75, 3.05) is 18.9 Å². The molecule has 0 amide bonds. The third-order valence-corrected chi connectivity index (χ3v) is 4.18. The number of ether oxygens (including phenoxy) is 2. The van der Waals surface area contributed by atoms with E-state index in [4.69, 9.17) is 15.2 Å². The largest absolute Gasteiger partial charge is 0.490 e. The molecule has 0 fully saturated rings. The molecule has 2 aromatic rings. The van der Waals surface area contributed by atoms with Gasteiger partial charge in [-0.25, -0.2) is 0 Å². The predicted octanol–water partition coefficient (Wildman–Crippen LogP) is 3.89. The zero-order valence-corrected chi connectivity index (χ0v) is 12.2. The molecule has 0 spiro atoms. The second-order valence-electron chi connectivity index (χ2n) is 4.80. The van der Waals surface area contributed by atoms with Crippen LogP contribution in [0.25, 0.3) is 0 Å². The molecule has 0 saturated heterocycles. The number of benzene rings is 2. The fraction of sp³-hybridized carbons (Fsp3) is 0.250. The average molecular weight is 287 g/mol. The van der Waals surface area contributed by atoms with Gasteiger partial charge in [0.25, 0.3) is 0 Å². The van der Waals surface area contributed by atoms with Crippen LogP contribution >= 0.6 is 11.8 Å². The maximum atomic E-state index is 6.02. The lowest BCUT2D eigenvalue weighted by Gasteiger charge is -2.10. The molecule has 0 aromatic heterocycles. The number of fused-ring (bicyclic) bond motifs is 1.